The van der Waals surface area contributed by atoms with Gasteiger partial charge in [0, 0.05) is 37.6 Å². The van der Waals surface area contributed by atoms with Crippen LogP contribution < -0.4 is 4.90 Å². The predicted octanol–water partition coefficient (Wildman–Crippen LogP) is 10.6. The lowest BCUT2D eigenvalue weighted by Gasteiger charge is -2.26. The number of para-hydroxylation sites is 2. The molecule has 2 heterocycles. The third-order valence-electron chi connectivity index (χ3n) is 7.22. The summed E-state index contributed by atoms with van der Waals surface area (Å²) in [5, 5.41) is 7.29. The van der Waals surface area contributed by atoms with Gasteiger partial charge in [-0.2, -0.15) is 0 Å². The van der Waals surface area contributed by atoms with E-state index in [0.29, 0.717) is 0 Å². The Morgan fingerprint density at radius 1 is 0.486 bits per heavy atom. The van der Waals surface area contributed by atoms with Crippen LogP contribution in [0.4, 0.5) is 17.1 Å². The van der Waals surface area contributed by atoms with Crippen LogP contribution in [0, 0.1) is 0 Å². The quantitative estimate of drug-likeness (QED) is 0.244. The monoisotopic (exact) mass is 491 g/mol. The first-order valence-corrected chi connectivity index (χ1v) is 13.3. The van der Waals surface area contributed by atoms with Gasteiger partial charge in [0.05, 0.1) is 10.4 Å². The molecule has 2 nitrogen and oxygen atoms in total. The lowest BCUT2D eigenvalue weighted by atomic mass is 10.0. The Bertz CT molecular complexity index is 2100. The summed E-state index contributed by atoms with van der Waals surface area (Å²) in [5.74, 6) is 0. The van der Waals surface area contributed by atoms with Crippen LogP contribution in [0.2, 0.25) is 0 Å². The molecule has 0 saturated carbocycles. The highest BCUT2D eigenvalue weighted by atomic mass is 32.1. The van der Waals surface area contributed by atoms with Crippen molar-refractivity contribution in [2.45, 2.75) is 0 Å². The van der Waals surface area contributed by atoms with Crippen molar-refractivity contribution in [3.05, 3.63) is 127 Å². The summed E-state index contributed by atoms with van der Waals surface area (Å²) in [6.45, 7) is 0. The molecule has 6 aromatic carbocycles. The third-order valence-corrected chi connectivity index (χ3v) is 8.43. The Hall–Kier alpha value is -4.60. The number of fused-ring (bicyclic) bond motifs is 7. The lowest BCUT2D eigenvalue weighted by Crippen LogP contribution is -2.09. The fraction of sp³-hybridized carbons (Fsp3) is 0. The average Bonchev–Trinajstić information content (AvgIpc) is 3.51. The summed E-state index contributed by atoms with van der Waals surface area (Å²) in [7, 11) is 0. The highest BCUT2D eigenvalue weighted by Gasteiger charge is 2.18. The Balaban J connectivity index is 1.38. The molecule has 0 saturated heterocycles. The summed E-state index contributed by atoms with van der Waals surface area (Å²) in [5.41, 5.74) is 5.30. The molecule has 0 bridgehead atoms. The molecule has 174 valence electrons. The second-order valence-electron chi connectivity index (χ2n) is 9.40. The molecule has 0 unspecified atom stereocenters. The highest BCUT2D eigenvalue weighted by molar-refractivity contribution is 7.26. The Labute approximate surface area is 217 Å². The van der Waals surface area contributed by atoms with Gasteiger partial charge in [-0.1, -0.05) is 72.8 Å². The van der Waals surface area contributed by atoms with Gasteiger partial charge in [0.1, 0.15) is 11.2 Å². The standard InChI is InChI=1S/C34H21NOS/c1-2-9-24(10-3-1)35(30-14-8-13-28-27-12-5-7-16-33(27)37-34(28)30)25-18-17-22-20-29-26-11-4-6-15-31(26)36-32(29)21-23(22)19-25/h1-21H. The second-order valence-corrected chi connectivity index (χ2v) is 10.5. The maximum atomic E-state index is 6.21. The van der Waals surface area contributed by atoms with E-state index in [4.69, 9.17) is 4.42 Å². The van der Waals surface area contributed by atoms with Gasteiger partial charge in [-0.15, -0.1) is 11.3 Å². The van der Waals surface area contributed by atoms with Crippen LogP contribution >= 0.6 is 11.3 Å². The van der Waals surface area contributed by atoms with Gasteiger partial charge in [0.2, 0.25) is 0 Å². The van der Waals surface area contributed by atoms with E-state index in [0.717, 1.165) is 38.7 Å². The average molecular weight is 492 g/mol. The summed E-state index contributed by atoms with van der Waals surface area (Å²) in [6, 6.07) is 45.4. The Kier molecular flexibility index (Phi) is 4.42. The van der Waals surface area contributed by atoms with Gasteiger partial charge in [-0.05, 0) is 65.4 Å². The predicted molar refractivity (Wildman–Crippen MR) is 159 cm³/mol. The Morgan fingerprint density at radius 3 is 2.19 bits per heavy atom. The second kappa shape index (κ2) is 7.95. The maximum absolute atomic E-state index is 6.21. The molecule has 0 radical (unpaired) electrons. The van der Waals surface area contributed by atoms with Gasteiger partial charge < -0.3 is 9.32 Å². The molecule has 8 aromatic rings. The zero-order chi connectivity index (χ0) is 24.3. The van der Waals surface area contributed by atoms with Gasteiger partial charge >= 0.3 is 0 Å². The molecule has 37 heavy (non-hydrogen) atoms. The molecule has 8 rings (SSSR count). The molecular weight excluding hydrogens is 470 g/mol. The molecule has 0 atom stereocenters. The summed E-state index contributed by atoms with van der Waals surface area (Å²) < 4.78 is 8.81. The number of anilines is 3. The minimum absolute atomic E-state index is 0.920. The first-order valence-electron chi connectivity index (χ1n) is 12.4. The largest absolute Gasteiger partial charge is 0.456 e. The Morgan fingerprint density at radius 2 is 1.27 bits per heavy atom. The van der Waals surface area contributed by atoms with Crippen molar-refractivity contribution in [3.8, 4) is 0 Å². The van der Waals surface area contributed by atoms with Crippen molar-refractivity contribution in [2.24, 2.45) is 0 Å². The third kappa shape index (κ3) is 3.18. The molecule has 0 aliphatic heterocycles. The SMILES string of the molecule is c1ccc(N(c2ccc3cc4c(cc3c2)oc2ccccc24)c2cccc3c2sc2ccccc23)cc1. The fourth-order valence-electron chi connectivity index (χ4n) is 5.51. The number of benzene rings is 6. The van der Waals surface area contributed by atoms with Crippen LogP contribution in [-0.2, 0) is 0 Å². The number of furan rings is 1. The fourth-order valence-corrected chi connectivity index (χ4v) is 6.71. The van der Waals surface area contributed by atoms with Crippen molar-refractivity contribution in [3.63, 3.8) is 0 Å². The highest BCUT2D eigenvalue weighted by Crippen LogP contribution is 2.45. The van der Waals surface area contributed by atoms with Crippen molar-refractivity contribution in [1.29, 1.82) is 0 Å². The lowest BCUT2D eigenvalue weighted by molar-refractivity contribution is 0.669. The molecule has 0 fully saturated rings. The topological polar surface area (TPSA) is 16.4 Å². The van der Waals surface area contributed by atoms with E-state index in [9.17, 15) is 0 Å². The first-order chi connectivity index (χ1) is 18.3. The normalized spacial score (nSPS) is 11.8. The zero-order valence-corrected chi connectivity index (χ0v) is 20.7. The van der Waals surface area contributed by atoms with E-state index in [2.05, 4.69) is 120 Å². The van der Waals surface area contributed by atoms with Crippen molar-refractivity contribution in [2.75, 3.05) is 4.90 Å². The molecule has 0 spiro atoms. The van der Waals surface area contributed by atoms with Crippen molar-refractivity contribution < 1.29 is 4.42 Å². The number of hydrogen-bond donors (Lipinski definition) is 0. The molecule has 0 amide bonds. The van der Waals surface area contributed by atoms with Crippen LogP contribution in [0.5, 0.6) is 0 Å². The van der Waals surface area contributed by atoms with E-state index in [-0.39, 0.29) is 0 Å². The van der Waals surface area contributed by atoms with E-state index in [1.54, 1.807) is 0 Å². The van der Waals surface area contributed by atoms with E-state index < -0.39 is 0 Å². The number of thiophene rings is 1. The maximum Gasteiger partial charge on any atom is 0.136 e. The van der Waals surface area contributed by atoms with E-state index in [1.165, 1.54) is 31.2 Å². The van der Waals surface area contributed by atoms with E-state index in [1.807, 2.05) is 23.5 Å². The van der Waals surface area contributed by atoms with Crippen molar-refractivity contribution >= 4 is 81.3 Å². The molecule has 2 aromatic heterocycles. The van der Waals surface area contributed by atoms with Gasteiger partial charge in [0.25, 0.3) is 0 Å². The number of hydrogen-bond acceptors (Lipinski definition) is 3. The van der Waals surface area contributed by atoms with Gasteiger partial charge in [-0.25, -0.2) is 0 Å². The minimum atomic E-state index is 0.920. The summed E-state index contributed by atoms with van der Waals surface area (Å²) >= 11 is 1.86. The minimum Gasteiger partial charge on any atom is -0.456 e. The van der Waals surface area contributed by atoms with Crippen LogP contribution in [0.3, 0.4) is 0 Å². The van der Waals surface area contributed by atoms with Crippen LogP contribution in [0.25, 0.3) is 52.9 Å². The number of nitrogens with zero attached hydrogens (tertiary/aromatic N) is 1. The van der Waals surface area contributed by atoms with Gasteiger partial charge in [0.15, 0.2) is 0 Å². The molecule has 3 heteroatoms. The van der Waals surface area contributed by atoms with Crippen molar-refractivity contribution in [1.82, 2.24) is 0 Å². The first kappa shape index (κ1) is 20.6. The molecular formula is C34H21NOS. The zero-order valence-electron chi connectivity index (χ0n) is 19.9. The summed E-state index contributed by atoms with van der Waals surface area (Å²) in [4.78, 5) is 2.37. The van der Waals surface area contributed by atoms with E-state index >= 15 is 0 Å². The molecule has 0 N–H and O–H groups in total. The molecule has 0 aliphatic carbocycles. The van der Waals surface area contributed by atoms with Gasteiger partial charge in [-0.3, -0.25) is 0 Å². The smallest absolute Gasteiger partial charge is 0.136 e. The van der Waals surface area contributed by atoms with Crippen LogP contribution in [-0.4, -0.2) is 0 Å². The summed E-state index contributed by atoms with van der Waals surface area (Å²) in [6.07, 6.45) is 0. The van der Waals surface area contributed by atoms with Crippen LogP contribution in [0.15, 0.2) is 132 Å². The molecule has 0 aliphatic rings. The number of rotatable bonds is 3. The van der Waals surface area contributed by atoms with Crippen LogP contribution in [0.1, 0.15) is 0 Å².